The Balaban J connectivity index is 1.56. The first-order valence-corrected chi connectivity index (χ1v) is 10.5. The minimum atomic E-state index is -3.42. The number of rotatable bonds is 6. The lowest BCUT2D eigenvalue weighted by molar-refractivity contribution is 0.0731. The van der Waals surface area contributed by atoms with Gasteiger partial charge in [0.25, 0.3) is 10.0 Å². The Labute approximate surface area is 146 Å². The van der Waals surface area contributed by atoms with Crippen LogP contribution in [-0.4, -0.2) is 51.5 Å². The van der Waals surface area contributed by atoms with Crippen molar-refractivity contribution >= 4 is 27.3 Å². The van der Waals surface area contributed by atoms with Crippen LogP contribution in [0, 0.1) is 5.92 Å². The minimum Gasteiger partial charge on any atom is -0.379 e. The van der Waals surface area contributed by atoms with Gasteiger partial charge in [-0.25, -0.2) is 13.4 Å². The molecule has 9 heteroatoms. The van der Waals surface area contributed by atoms with Crippen molar-refractivity contribution in [3.05, 3.63) is 17.0 Å². The van der Waals surface area contributed by atoms with E-state index in [-0.39, 0.29) is 0 Å². The van der Waals surface area contributed by atoms with Crippen LogP contribution in [0.2, 0.25) is 0 Å². The molecule has 0 aromatic carbocycles. The van der Waals surface area contributed by atoms with Crippen LogP contribution in [0.4, 0.5) is 0 Å². The highest BCUT2D eigenvalue weighted by molar-refractivity contribution is 7.91. The normalized spacial score (nSPS) is 20.8. The van der Waals surface area contributed by atoms with Gasteiger partial charge in [0.2, 0.25) is 0 Å². The number of hydrogen-bond acceptors (Lipinski definition) is 5. The maximum Gasteiger partial charge on any atom is 0.252 e. The van der Waals surface area contributed by atoms with Gasteiger partial charge in [-0.1, -0.05) is 6.42 Å². The Hall–Kier alpha value is -1.16. The third-order valence-corrected chi connectivity index (χ3v) is 7.84. The number of sulfonamides is 1. The number of ether oxygens (including phenoxy) is 1. The maximum atomic E-state index is 12.6. The first-order chi connectivity index (χ1) is 11.6. The summed E-state index contributed by atoms with van der Waals surface area (Å²) in [4.78, 5) is 5.18. The summed E-state index contributed by atoms with van der Waals surface area (Å²) in [5, 5.41) is 3.14. The summed E-state index contributed by atoms with van der Waals surface area (Å²) in [6.45, 7) is 2.98. The van der Waals surface area contributed by atoms with Crippen molar-refractivity contribution in [2.45, 2.75) is 30.0 Å². The topological polar surface area (TPSA) is 97.0 Å². The van der Waals surface area contributed by atoms with E-state index < -0.39 is 10.0 Å². The van der Waals surface area contributed by atoms with E-state index in [0.717, 1.165) is 11.4 Å². The molecule has 7 nitrogen and oxygen atoms in total. The van der Waals surface area contributed by atoms with Crippen molar-refractivity contribution in [3.8, 4) is 0 Å². The molecule has 1 saturated heterocycles. The zero-order chi connectivity index (χ0) is 17.0. The number of thiophene rings is 1. The monoisotopic (exact) mass is 372 g/mol. The molecule has 2 aliphatic rings. The number of nitrogens with zero attached hydrogens (tertiary/aromatic N) is 2. The highest BCUT2D eigenvalue weighted by atomic mass is 32.2. The summed E-state index contributed by atoms with van der Waals surface area (Å²) < 4.78 is 32.2. The van der Waals surface area contributed by atoms with Crippen molar-refractivity contribution in [1.82, 2.24) is 9.62 Å². The van der Waals surface area contributed by atoms with Crippen LogP contribution < -0.4 is 11.1 Å². The molecule has 0 radical (unpaired) electrons. The Morgan fingerprint density at radius 1 is 1.38 bits per heavy atom. The molecule has 1 aromatic rings. The third kappa shape index (κ3) is 4.27. The second kappa shape index (κ2) is 7.81. The lowest BCUT2D eigenvalue weighted by Crippen LogP contribution is -2.40. The lowest BCUT2D eigenvalue weighted by Gasteiger charge is -2.25. The number of nitrogens with one attached hydrogen (secondary N) is 1. The summed E-state index contributed by atoms with van der Waals surface area (Å²) in [5.74, 6) is 1.14. The molecule has 0 bridgehead atoms. The third-order valence-electron chi connectivity index (χ3n) is 4.40. The van der Waals surface area contributed by atoms with Gasteiger partial charge in [-0.3, -0.25) is 0 Å². The molecule has 2 fully saturated rings. The first kappa shape index (κ1) is 17.7. The van der Waals surface area contributed by atoms with Gasteiger partial charge in [0, 0.05) is 24.5 Å². The molecule has 24 heavy (non-hydrogen) atoms. The van der Waals surface area contributed by atoms with Crippen LogP contribution in [0.3, 0.4) is 0 Å². The zero-order valence-corrected chi connectivity index (χ0v) is 15.2. The first-order valence-electron chi connectivity index (χ1n) is 8.26. The molecule has 1 aliphatic heterocycles. The molecule has 3 rings (SSSR count). The molecule has 0 spiro atoms. The Morgan fingerprint density at radius 3 is 2.79 bits per heavy atom. The van der Waals surface area contributed by atoms with E-state index >= 15 is 0 Å². The highest BCUT2D eigenvalue weighted by Gasteiger charge is 2.27. The fourth-order valence-corrected chi connectivity index (χ4v) is 5.50. The summed E-state index contributed by atoms with van der Waals surface area (Å²) >= 11 is 1.25. The number of morpholine rings is 1. The van der Waals surface area contributed by atoms with E-state index in [1.54, 1.807) is 12.1 Å². The molecular weight excluding hydrogens is 348 g/mol. The van der Waals surface area contributed by atoms with Crippen LogP contribution >= 0.6 is 11.3 Å². The SMILES string of the molecule is NC(=NCc1ccc(S(=O)(=O)N2CCOCC2)s1)NCC1CCC1. The van der Waals surface area contributed by atoms with Crippen molar-refractivity contribution in [3.63, 3.8) is 0 Å². The molecule has 1 saturated carbocycles. The molecule has 1 aromatic heterocycles. The molecule has 134 valence electrons. The Bertz CT molecular complexity index is 677. The van der Waals surface area contributed by atoms with E-state index in [0.29, 0.717) is 48.9 Å². The smallest absolute Gasteiger partial charge is 0.252 e. The van der Waals surface area contributed by atoms with Gasteiger partial charge in [0.05, 0.1) is 19.8 Å². The molecule has 2 heterocycles. The second-order valence-corrected chi connectivity index (χ2v) is 9.45. The average molecular weight is 373 g/mol. The van der Waals surface area contributed by atoms with E-state index in [1.165, 1.54) is 34.9 Å². The van der Waals surface area contributed by atoms with E-state index in [1.807, 2.05) is 0 Å². The molecule has 0 unspecified atom stereocenters. The number of aliphatic imine (C=N–C) groups is 1. The highest BCUT2D eigenvalue weighted by Crippen LogP contribution is 2.26. The number of hydrogen-bond donors (Lipinski definition) is 2. The van der Waals surface area contributed by atoms with Crippen LogP contribution in [-0.2, 0) is 21.3 Å². The fraction of sp³-hybridized carbons (Fsp3) is 0.667. The van der Waals surface area contributed by atoms with Gasteiger partial charge in [-0.2, -0.15) is 4.31 Å². The van der Waals surface area contributed by atoms with Crippen molar-refractivity contribution in [2.75, 3.05) is 32.8 Å². The zero-order valence-electron chi connectivity index (χ0n) is 13.6. The molecule has 1 aliphatic carbocycles. The molecule has 3 N–H and O–H groups in total. The number of guanidine groups is 1. The number of nitrogens with two attached hydrogens (primary N) is 1. The summed E-state index contributed by atoms with van der Waals surface area (Å²) in [6.07, 6.45) is 3.82. The van der Waals surface area contributed by atoms with Crippen LogP contribution in [0.1, 0.15) is 24.1 Å². The van der Waals surface area contributed by atoms with Crippen LogP contribution in [0.25, 0.3) is 0 Å². The van der Waals surface area contributed by atoms with Gasteiger partial charge >= 0.3 is 0 Å². The fourth-order valence-electron chi connectivity index (χ4n) is 2.66. The van der Waals surface area contributed by atoms with Gasteiger partial charge in [0.1, 0.15) is 4.21 Å². The largest absolute Gasteiger partial charge is 0.379 e. The van der Waals surface area contributed by atoms with Crippen LogP contribution in [0.5, 0.6) is 0 Å². The predicted molar refractivity (Wildman–Crippen MR) is 94.6 cm³/mol. The minimum absolute atomic E-state index is 0.357. The summed E-state index contributed by atoms with van der Waals surface area (Å²) in [5.41, 5.74) is 5.86. The molecule has 0 atom stereocenters. The van der Waals surface area contributed by atoms with E-state index in [2.05, 4.69) is 10.3 Å². The Morgan fingerprint density at radius 2 is 2.12 bits per heavy atom. The lowest BCUT2D eigenvalue weighted by atomic mass is 9.85. The standard InChI is InChI=1S/C15H24N4O3S2/c16-15(17-10-12-2-1-3-12)18-11-13-4-5-14(23-13)24(20,21)19-6-8-22-9-7-19/h4-5,12H,1-3,6-11H2,(H3,16,17,18). The van der Waals surface area contributed by atoms with Crippen molar-refractivity contribution in [2.24, 2.45) is 16.6 Å². The Kier molecular flexibility index (Phi) is 5.75. The summed E-state index contributed by atoms with van der Waals surface area (Å²) in [7, 11) is -3.42. The second-order valence-electron chi connectivity index (χ2n) is 6.12. The van der Waals surface area contributed by atoms with Gasteiger partial charge in [-0.05, 0) is 30.9 Å². The van der Waals surface area contributed by atoms with Gasteiger partial charge in [0.15, 0.2) is 5.96 Å². The molecular formula is C15H24N4O3S2. The maximum absolute atomic E-state index is 12.6. The average Bonchev–Trinajstić information content (AvgIpc) is 3.02. The van der Waals surface area contributed by atoms with E-state index in [9.17, 15) is 8.42 Å². The van der Waals surface area contributed by atoms with Crippen molar-refractivity contribution in [1.29, 1.82) is 0 Å². The van der Waals surface area contributed by atoms with Gasteiger partial charge in [-0.15, -0.1) is 11.3 Å². The quantitative estimate of drug-likeness (QED) is 0.573. The molecule has 0 amide bonds. The van der Waals surface area contributed by atoms with E-state index in [4.69, 9.17) is 10.5 Å². The van der Waals surface area contributed by atoms with Crippen LogP contribution in [0.15, 0.2) is 21.3 Å². The van der Waals surface area contributed by atoms with Crippen molar-refractivity contribution < 1.29 is 13.2 Å². The summed E-state index contributed by atoms with van der Waals surface area (Å²) in [6, 6.07) is 3.46. The van der Waals surface area contributed by atoms with Gasteiger partial charge < -0.3 is 15.8 Å². The predicted octanol–water partition coefficient (Wildman–Crippen LogP) is 0.973.